The highest BCUT2D eigenvalue weighted by atomic mass is 16.6. The van der Waals surface area contributed by atoms with Crippen molar-refractivity contribution in [3.8, 4) is 0 Å². The first-order valence-corrected chi connectivity index (χ1v) is 5.76. The van der Waals surface area contributed by atoms with Gasteiger partial charge in [0.15, 0.2) is 5.69 Å². The maximum Gasteiger partial charge on any atom is 0.356 e. The summed E-state index contributed by atoms with van der Waals surface area (Å²) in [5.74, 6) is -1.31. The van der Waals surface area contributed by atoms with E-state index >= 15 is 0 Å². The number of aryl methyl sites for hydroxylation is 1. The first kappa shape index (κ1) is 14.2. The molecule has 1 rings (SSSR count). The van der Waals surface area contributed by atoms with Crippen molar-refractivity contribution in [2.24, 2.45) is 0 Å². The van der Waals surface area contributed by atoms with Crippen LogP contribution in [0, 0.1) is 0 Å². The van der Waals surface area contributed by atoms with Crippen LogP contribution < -0.4 is 0 Å². The van der Waals surface area contributed by atoms with Crippen molar-refractivity contribution in [1.82, 2.24) is 9.78 Å². The van der Waals surface area contributed by atoms with Crippen LogP contribution in [0.5, 0.6) is 0 Å². The number of aromatic carboxylic acids is 1. The highest BCUT2D eigenvalue weighted by Gasteiger charge is 2.15. The monoisotopic (exact) mass is 254 g/mol. The van der Waals surface area contributed by atoms with Gasteiger partial charge in [-0.3, -0.25) is 9.48 Å². The molecule has 1 aromatic rings. The van der Waals surface area contributed by atoms with Crippen LogP contribution in [0.4, 0.5) is 0 Å². The molecule has 0 atom stereocenters. The molecular weight excluding hydrogens is 236 g/mol. The average Bonchev–Trinajstić information content (AvgIpc) is 2.63. The average molecular weight is 254 g/mol. The second kappa shape index (κ2) is 5.66. The minimum Gasteiger partial charge on any atom is -0.476 e. The number of carbonyl (C=O) groups is 2. The van der Waals surface area contributed by atoms with Gasteiger partial charge in [0.1, 0.15) is 5.60 Å². The van der Waals surface area contributed by atoms with E-state index in [-0.39, 0.29) is 11.7 Å². The van der Waals surface area contributed by atoms with Gasteiger partial charge in [-0.2, -0.15) is 5.10 Å². The van der Waals surface area contributed by atoms with Crippen LogP contribution in [0.3, 0.4) is 0 Å². The summed E-state index contributed by atoms with van der Waals surface area (Å²) < 4.78 is 6.66. The number of esters is 1. The summed E-state index contributed by atoms with van der Waals surface area (Å²) in [6, 6.07) is 1.43. The lowest BCUT2D eigenvalue weighted by molar-refractivity contribution is -0.154. The molecule has 0 unspecified atom stereocenters. The first-order chi connectivity index (χ1) is 8.28. The van der Waals surface area contributed by atoms with Gasteiger partial charge in [0.25, 0.3) is 0 Å². The molecule has 18 heavy (non-hydrogen) atoms. The van der Waals surface area contributed by atoms with E-state index in [0.717, 1.165) is 0 Å². The van der Waals surface area contributed by atoms with Gasteiger partial charge in [-0.1, -0.05) is 0 Å². The summed E-state index contributed by atoms with van der Waals surface area (Å²) in [7, 11) is 0. The summed E-state index contributed by atoms with van der Waals surface area (Å²) in [6.45, 7) is 5.94. The Labute approximate surface area is 106 Å². The molecule has 0 aliphatic heterocycles. The molecule has 0 aromatic carbocycles. The Kier molecular flexibility index (Phi) is 4.47. The van der Waals surface area contributed by atoms with Crippen molar-refractivity contribution in [1.29, 1.82) is 0 Å². The summed E-state index contributed by atoms with van der Waals surface area (Å²) >= 11 is 0. The summed E-state index contributed by atoms with van der Waals surface area (Å²) in [4.78, 5) is 22.0. The largest absolute Gasteiger partial charge is 0.476 e. The molecule has 0 saturated carbocycles. The predicted octanol–water partition coefficient (Wildman–Crippen LogP) is 1.70. The summed E-state index contributed by atoms with van der Waals surface area (Å²) in [5.41, 5.74) is -0.466. The van der Waals surface area contributed by atoms with Crippen LogP contribution in [0.25, 0.3) is 0 Å². The van der Waals surface area contributed by atoms with Crippen LogP contribution in [-0.2, 0) is 16.1 Å². The van der Waals surface area contributed by atoms with E-state index in [9.17, 15) is 9.59 Å². The van der Waals surface area contributed by atoms with E-state index in [1.54, 1.807) is 6.20 Å². The maximum atomic E-state index is 11.4. The fraction of sp³-hybridized carbons (Fsp3) is 0.583. The Bertz CT molecular complexity index is 432. The van der Waals surface area contributed by atoms with Crippen LogP contribution in [0.15, 0.2) is 12.3 Å². The van der Waals surface area contributed by atoms with Gasteiger partial charge in [-0.25, -0.2) is 4.79 Å². The van der Waals surface area contributed by atoms with Crippen molar-refractivity contribution >= 4 is 11.9 Å². The molecular formula is C12H18N2O4. The first-order valence-electron chi connectivity index (χ1n) is 5.76. The van der Waals surface area contributed by atoms with E-state index in [0.29, 0.717) is 19.4 Å². The Balaban J connectivity index is 2.33. The second-order valence-corrected chi connectivity index (χ2v) is 4.96. The third-order valence-electron chi connectivity index (χ3n) is 2.05. The zero-order valence-corrected chi connectivity index (χ0v) is 10.8. The lowest BCUT2D eigenvalue weighted by atomic mass is 10.2. The fourth-order valence-corrected chi connectivity index (χ4v) is 1.38. The third kappa shape index (κ3) is 4.99. The van der Waals surface area contributed by atoms with Gasteiger partial charge in [0, 0.05) is 19.2 Å². The van der Waals surface area contributed by atoms with E-state index < -0.39 is 11.6 Å². The van der Waals surface area contributed by atoms with Gasteiger partial charge < -0.3 is 9.84 Å². The number of aromatic nitrogens is 2. The lowest BCUT2D eigenvalue weighted by Gasteiger charge is -2.19. The van der Waals surface area contributed by atoms with E-state index in [4.69, 9.17) is 9.84 Å². The Morgan fingerprint density at radius 3 is 2.61 bits per heavy atom. The van der Waals surface area contributed by atoms with Crippen molar-refractivity contribution in [3.05, 3.63) is 18.0 Å². The molecule has 100 valence electrons. The normalized spacial score (nSPS) is 11.3. The number of carboxylic acid groups (broad SMARTS) is 1. The number of rotatable bonds is 5. The number of carbonyl (C=O) groups excluding carboxylic acids is 1. The van der Waals surface area contributed by atoms with Crippen LogP contribution in [0.2, 0.25) is 0 Å². The van der Waals surface area contributed by atoms with E-state index in [2.05, 4.69) is 5.10 Å². The van der Waals surface area contributed by atoms with Gasteiger partial charge in [0.2, 0.25) is 0 Å². The molecule has 6 heteroatoms. The minimum absolute atomic E-state index is 0.00673. The van der Waals surface area contributed by atoms with Crippen molar-refractivity contribution in [2.45, 2.75) is 45.8 Å². The molecule has 0 bridgehead atoms. The molecule has 6 nitrogen and oxygen atoms in total. The number of carboxylic acids is 1. The number of hydrogen-bond donors (Lipinski definition) is 1. The Hall–Kier alpha value is -1.85. The van der Waals surface area contributed by atoms with Gasteiger partial charge in [-0.15, -0.1) is 0 Å². The molecule has 0 aliphatic carbocycles. The minimum atomic E-state index is -1.05. The SMILES string of the molecule is CC(C)(C)OC(=O)CCCn1ccc(C(=O)O)n1. The molecule has 0 radical (unpaired) electrons. The molecule has 1 aromatic heterocycles. The quantitative estimate of drug-likeness (QED) is 0.809. The molecule has 0 fully saturated rings. The molecule has 0 aliphatic rings. The Morgan fingerprint density at radius 2 is 2.11 bits per heavy atom. The molecule has 0 saturated heterocycles. The molecule has 0 amide bonds. The van der Waals surface area contributed by atoms with Crippen molar-refractivity contribution in [3.63, 3.8) is 0 Å². The molecule has 1 heterocycles. The highest BCUT2D eigenvalue weighted by Crippen LogP contribution is 2.09. The van der Waals surface area contributed by atoms with Crippen molar-refractivity contribution in [2.75, 3.05) is 0 Å². The fourth-order valence-electron chi connectivity index (χ4n) is 1.38. The maximum absolute atomic E-state index is 11.4. The number of hydrogen-bond acceptors (Lipinski definition) is 4. The van der Waals surface area contributed by atoms with Crippen LogP contribution in [0.1, 0.15) is 44.1 Å². The third-order valence-corrected chi connectivity index (χ3v) is 2.05. The number of ether oxygens (including phenoxy) is 1. The zero-order chi connectivity index (χ0) is 13.8. The zero-order valence-electron chi connectivity index (χ0n) is 10.8. The van der Waals surface area contributed by atoms with Gasteiger partial charge >= 0.3 is 11.9 Å². The lowest BCUT2D eigenvalue weighted by Crippen LogP contribution is -2.23. The summed E-state index contributed by atoms with van der Waals surface area (Å²) in [6.07, 6.45) is 2.44. The van der Waals surface area contributed by atoms with Crippen LogP contribution in [-0.4, -0.2) is 32.4 Å². The van der Waals surface area contributed by atoms with Crippen LogP contribution >= 0.6 is 0 Å². The van der Waals surface area contributed by atoms with Gasteiger partial charge in [-0.05, 0) is 33.3 Å². The second-order valence-electron chi connectivity index (χ2n) is 4.96. The van der Waals surface area contributed by atoms with Crippen molar-refractivity contribution < 1.29 is 19.4 Å². The van der Waals surface area contributed by atoms with Gasteiger partial charge in [0.05, 0.1) is 0 Å². The smallest absolute Gasteiger partial charge is 0.356 e. The summed E-state index contributed by atoms with van der Waals surface area (Å²) in [5, 5.41) is 12.5. The van der Waals surface area contributed by atoms with E-state index in [1.165, 1.54) is 10.7 Å². The van der Waals surface area contributed by atoms with E-state index in [1.807, 2.05) is 20.8 Å². The number of nitrogens with zero attached hydrogens (tertiary/aromatic N) is 2. The molecule has 0 spiro atoms. The highest BCUT2D eigenvalue weighted by molar-refractivity contribution is 5.85. The topological polar surface area (TPSA) is 81.4 Å². The molecule has 1 N–H and O–H groups in total. The standard InChI is InChI=1S/C12H18N2O4/c1-12(2,3)18-10(15)5-4-7-14-8-6-9(13-14)11(16)17/h6,8H,4-5,7H2,1-3H3,(H,16,17). The predicted molar refractivity (Wildman–Crippen MR) is 64.3 cm³/mol. The Morgan fingerprint density at radius 1 is 1.44 bits per heavy atom.